The van der Waals surface area contributed by atoms with Gasteiger partial charge in [-0.2, -0.15) is 0 Å². The van der Waals surface area contributed by atoms with Gasteiger partial charge in [-0.1, -0.05) is 12.1 Å². The molecule has 0 saturated heterocycles. The molecule has 0 spiro atoms. The molecule has 168 valence electrons. The minimum absolute atomic E-state index is 0.0484. The van der Waals surface area contributed by atoms with E-state index >= 15 is 0 Å². The molecule has 2 atom stereocenters. The number of hydrogen-bond acceptors (Lipinski definition) is 8. The molecule has 0 bridgehead atoms. The molecule has 30 heavy (non-hydrogen) atoms. The molecule has 0 aliphatic rings. The molecule has 0 aromatic heterocycles. The zero-order valence-corrected chi connectivity index (χ0v) is 17.9. The average molecular weight is 423 g/mol. The van der Waals surface area contributed by atoms with Gasteiger partial charge in [0.15, 0.2) is 11.5 Å². The Balaban J connectivity index is 0.000000311. The van der Waals surface area contributed by atoms with Crippen LogP contribution in [0.4, 0.5) is 0 Å². The number of phenolic OH excluding ortho intramolecular Hbond substituents is 2. The number of aliphatic hydroxyl groups excluding tert-OH is 3. The predicted octanol–water partition coefficient (Wildman–Crippen LogP) is 1.66. The lowest BCUT2D eigenvalue weighted by atomic mass is 10.0. The van der Waals surface area contributed by atoms with Gasteiger partial charge in [-0.25, -0.2) is 0 Å². The summed E-state index contributed by atoms with van der Waals surface area (Å²) in [6, 6.07) is 9.02. The van der Waals surface area contributed by atoms with Crippen molar-refractivity contribution in [2.24, 2.45) is 0 Å². The van der Waals surface area contributed by atoms with Gasteiger partial charge >= 0.3 is 0 Å². The molecule has 0 heterocycles. The SMILES string of the molecule is CC(C)(C)NCC(O)c1ccc(O)c(CO)c1.CNC[C@H](O)c1ccc(O)c(O)c1. The number of nitrogens with one attached hydrogen (secondary N) is 2. The van der Waals surface area contributed by atoms with Crippen molar-refractivity contribution in [1.29, 1.82) is 0 Å². The van der Waals surface area contributed by atoms with Gasteiger partial charge in [0.1, 0.15) is 5.75 Å². The normalized spacial score (nSPS) is 13.3. The molecule has 8 nitrogen and oxygen atoms in total. The van der Waals surface area contributed by atoms with Crippen LogP contribution in [-0.2, 0) is 6.61 Å². The van der Waals surface area contributed by atoms with Crippen LogP contribution >= 0.6 is 0 Å². The van der Waals surface area contributed by atoms with Gasteiger partial charge in [-0.3, -0.25) is 0 Å². The second-order valence-corrected chi connectivity index (χ2v) is 8.01. The van der Waals surface area contributed by atoms with E-state index in [1.807, 2.05) is 20.8 Å². The van der Waals surface area contributed by atoms with Crippen molar-refractivity contribution in [3.8, 4) is 17.2 Å². The second-order valence-electron chi connectivity index (χ2n) is 8.01. The molecule has 2 rings (SSSR count). The van der Waals surface area contributed by atoms with E-state index < -0.39 is 12.2 Å². The number of hydrogen-bond donors (Lipinski definition) is 8. The van der Waals surface area contributed by atoms with Crippen molar-refractivity contribution in [3.63, 3.8) is 0 Å². The van der Waals surface area contributed by atoms with Crippen LogP contribution < -0.4 is 10.6 Å². The van der Waals surface area contributed by atoms with Crippen LogP contribution in [0.1, 0.15) is 49.7 Å². The molecular weight excluding hydrogens is 388 g/mol. The van der Waals surface area contributed by atoms with Crippen molar-refractivity contribution >= 4 is 0 Å². The highest BCUT2D eigenvalue weighted by molar-refractivity contribution is 5.41. The molecule has 8 heteroatoms. The molecule has 8 N–H and O–H groups in total. The molecule has 1 unspecified atom stereocenters. The van der Waals surface area contributed by atoms with Crippen molar-refractivity contribution < 1.29 is 30.6 Å². The van der Waals surface area contributed by atoms with Crippen molar-refractivity contribution in [1.82, 2.24) is 10.6 Å². The topological polar surface area (TPSA) is 145 Å². The first-order valence-electron chi connectivity index (χ1n) is 9.68. The van der Waals surface area contributed by atoms with E-state index in [1.54, 1.807) is 25.2 Å². The van der Waals surface area contributed by atoms with Crippen molar-refractivity contribution in [3.05, 3.63) is 53.1 Å². The van der Waals surface area contributed by atoms with E-state index in [2.05, 4.69) is 10.6 Å². The largest absolute Gasteiger partial charge is 0.508 e. The van der Waals surface area contributed by atoms with Gasteiger partial charge in [0.05, 0.1) is 18.8 Å². The predicted molar refractivity (Wildman–Crippen MR) is 115 cm³/mol. The molecule has 0 amide bonds. The van der Waals surface area contributed by atoms with Crippen LogP contribution in [-0.4, -0.2) is 56.3 Å². The summed E-state index contributed by atoms with van der Waals surface area (Å²) < 4.78 is 0. The highest BCUT2D eigenvalue weighted by atomic mass is 16.3. The fourth-order valence-corrected chi connectivity index (χ4v) is 2.52. The maximum absolute atomic E-state index is 9.97. The molecule has 0 aliphatic carbocycles. The van der Waals surface area contributed by atoms with Crippen LogP contribution in [0, 0.1) is 0 Å². The first kappa shape index (κ1) is 25.7. The third kappa shape index (κ3) is 8.56. The summed E-state index contributed by atoms with van der Waals surface area (Å²) >= 11 is 0. The first-order valence-corrected chi connectivity index (χ1v) is 9.68. The lowest BCUT2D eigenvalue weighted by Gasteiger charge is -2.23. The van der Waals surface area contributed by atoms with E-state index in [-0.39, 0.29) is 29.4 Å². The minimum Gasteiger partial charge on any atom is -0.508 e. The minimum atomic E-state index is -0.670. The molecular formula is C22H34N2O6. The summed E-state index contributed by atoms with van der Waals surface area (Å²) in [7, 11) is 1.73. The fraction of sp³-hybridized carbons (Fsp3) is 0.455. The number of phenols is 3. The Bertz CT molecular complexity index is 792. The Morgan fingerprint density at radius 3 is 1.83 bits per heavy atom. The van der Waals surface area contributed by atoms with Crippen LogP contribution in [0.15, 0.2) is 36.4 Å². The highest BCUT2D eigenvalue weighted by Gasteiger charge is 2.14. The molecule has 0 radical (unpaired) electrons. The Hall–Kier alpha value is -2.36. The number of benzene rings is 2. The van der Waals surface area contributed by atoms with Crippen LogP contribution in [0.25, 0.3) is 0 Å². The van der Waals surface area contributed by atoms with Gasteiger partial charge in [0.25, 0.3) is 0 Å². The summed E-state index contributed by atoms with van der Waals surface area (Å²) in [6.07, 6.45) is -1.32. The Kier molecular flexibility index (Phi) is 10.0. The lowest BCUT2D eigenvalue weighted by Crippen LogP contribution is -2.38. The maximum atomic E-state index is 9.97. The Morgan fingerprint density at radius 1 is 0.800 bits per heavy atom. The smallest absolute Gasteiger partial charge is 0.157 e. The van der Waals surface area contributed by atoms with E-state index in [1.165, 1.54) is 18.2 Å². The maximum Gasteiger partial charge on any atom is 0.157 e. The molecule has 0 saturated carbocycles. The van der Waals surface area contributed by atoms with E-state index in [0.717, 1.165) is 0 Å². The number of rotatable bonds is 7. The van der Waals surface area contributed by atoms with Gasteiger partial charge in [0, 0.05) is 24.2 Å². The highest BCUT2D eigenvalue weighted by Crippen LogP contribution is 2.27. The molecule has 0 fully saturated rings. The van der Waals surface area contributed by atoms with Crippen LogP contribution in [0.5, 0.6) is 17.2 Å². The Labute approximate surface area is 177 Å². The van der Waals surface area contributed by atoms with Gasteiger partial charge in [-0.15, -0.1) is 0 Å². The van der Waals surface area contributed by atoms with Crippen LogP contribution in [0.2, 0.25) is 0 Å². The van der Waals surface area contributed by atoms with Gasteiger partial charge in [0.2, 0.25) is 0 Å². The fourth-order valence-electron chi connectivity index (χ4n) is 2.52. The summed E-state index contributed by atoms with van der Waals surface area (Å²) in [6.45, 7) is 6.67. The van der Waals surface area contributed by atoms with E-state index in [0.29, 0.717) is 29.8 Å². The molecule has 2 aromatic carbocycles. The van der Waals surface area contributed by atoms with Crippen molar-refractivity contribution in [2.75, 3.05) is 20.1 Å². The van der Waals surface area contributed by atoms with Gasteiger partial charge in [-0.05, 0) is 63.2 Å². The lowest BCUT2D eigenvalue weighted by molar-refractivity contribution is 0.163. The zero-order chi connectivity index (χ0) is 22.9. The quantitative estimate of drug-likeness (QED) is 0.315. The van der Waals surface area contributed by atoms with Crippen molar-refractivity contribution in [2.45, 2.75) is 45.1 Å². The average Bonchev–Trinajstić information content (AvgIpc) is 2.68. The monoisotopic (exact) mass is 422 g/mol. The van der Waals surface area contributed by atoms with Gasteiger partial charge < -0.3 is 41.3 Å². The summed E-state index contributed by atoms with van der Waals surface area (Å²) in [5.74, 6) is -0.347. The summed E-state index contributed by atoms with van der Waals surface area (Å²) in [5.41, 5.74) is 1.63. The number of aliphatic hydroxyl groups is 3. The molecule has 2 aromatic rings. The van der Waals surface area contributed by atoms with E-state index in [9.17, 15) is 15.3 Å². The molecule has 0 aliphatic heterocycles. The summed E-state index contributed by atoms with van der Waals surface area (Å²) in [5, 5.41) is 62.0. The third-order valence-corrected chi connectivity index (χ3v) is 4.27. The number of likely N-dealkylation sites (N-methyl/N-ethyl adjacent to an activating group) is 1. The number of aromatic hydroxyl groups is 3. The standard InChI is InChI=1S/C13H21NO3.C9H13NO3/c1-13(2,3)14-7-12(17)9-4-5-11(16)10(6-9)8-15;1-10-5-9(13)6-2-3-7(11)8(12)4-6/h4-6,12,14-17H,7-8H2,1-3H3;2-4,9-13H,5H2,1H3/t;9-/m.0/s1. The zero-order valence-electron chi connectivity index (χ0n) is 17.9. The second kappa shape index (κ2) is 11.7. The first-order chi connectivity index (χ1) is 14.0. The van der Waals surface area contributed by atoms with E-state index in [4.69, 9.17) is 15.3 Å². The Morgan fingerprint density at radius 2 is 1.33 bits per heavy atom. The number of β-amino-alcohol motifs (C(OH)–C–C–N with tert-alkyl or cyclic N) is 1. The van der Waals surface area contributed by atoms with Crippen LogP contribution in [0.3, 0.4) is 0 Å². The summed E-state index contributed by atoms with van der Waals surface area (Å²) in [4.78, 5) is 0. The third-order valence-electron chi connectivity index (χ3n) is 4.27.